The Labute approximate surface area is 130 Å². The predicted octanol–water partition coefficient (Wildman–Crippen LogP) is 3.62. The average molecular weight is 293 g/mol. The molecule has 3 heteroatoms. The number of ether oxygens (including phenoxy) is 2. The SMILES string of the molecule is CCC1CC1CN(C)CCC1=C(C)CC(OC)C(OC)=C1. The summed E-state index contributed by atoms with van der Waals surface area (Å²) in [6.07, 6.45) is 7.12. The lowest BCUT2D eigenvalue weighted by Crippen LogP contribution is -2.24. The third kappa shape index (κ3) is 4.33. The molecular weight excluding hydrogens is 262 g/mol. The van der Waals surface area contributed by atoms with Gasteiger partial charge >= 0.3 is 0 Å². The first-order chi connectivity index (χ1) is 10.1. The van der Waals surface area contributed by atoms with E-state index in [0.717, 1.165) is 37.0 Å². The molecule has 1 fully saturated rings. The first-order valence-corrected chi connectivity index (χ1v) is 8.24. The summed E-state index contributed by atoms with van der Waals surface area (Å²) < 4.78 is 11.0. The molecule has 2 rings (SSSR count). The van der Waals surface area contributed by atoms with Crippen LogP contribution in [0.5, 0.6) is 0 Å². The highest BCUT2D eigenvalue weighted by molar-refractivity contribution is 5.33. The van der Waals surface area contributed by atoms with Crippen LogP contribution in [0.4, 0.5) is 0 Å². The van der Waals surface area contributed by atoms with E-state index >= 15 is 0 Å². The molecular formula is C18H31NO2. The van der Waals surface area contributed by atoms with Crippen LogP contribution in [-0.4, -0.2) is 45.4 Å². The Hall–Kier alpha value is -0.800. The van der Waals surface area contributed by atoms with Gasteiger partial charge in [0.25, 0.3) is 0 Å². The summed E-state index contributed by atoms with van der Waals surface area (Å²) >= 11 is 0. The van der Waals surface area contributed by atoms with Gasteiger partial charge < -0.3 is 14.4 Å². The van der Waals surface area contributed by atoms with Crippen molar-refractivity contribution in [2.45, 2.75) is 45.6 Å². The standard InChI is InChI=1S/C18H31NO2/c1-6-14-10-16(14)12-19(3)8-7-15-11-18(21-5)17(20-4)9-13(15)2/h11,14,16-17H,6-10,12H2,1-5H3. The lowest BCUT2D eigenvalue weighted by molar-refractivity contribution is 0.0767. The summed E-state index contributed by atoms with van der Waals surface area (Å²) in [7, 11) is 5.74. The Morgan fingerprint density at radius 1 is 1.29 bits per heavy atom. The molecule has 0 N–H and O–H groups in total. The lowest BCUT2D eigenvalue weighted by atomic mass is 9.93. The molecule has 120 valence electrons. The average Bonchev–Trinajstić information content (AvgIpc) is 3.23. The maximum Gasteiger partial charge on any atom is 0.125 e. The number of hydrogen-bond donors (Lipinski definition) is 0. The molecule has 0 spiro atoms. The van der Waals surface area contributed by atoms with E-state index in [1.165, 1.54) is 30.5 Å². The predicted molar refractivity (Wildman–Crippen MR) is 87.2 cm³/mol. The van der Waals surface area contributed by atoms with Crippen LogP contribution in [0, 0.1) is 11.8 Å². The van der Waals surface area contributed by atoms with E-state index in [2.05, 4.69) is 31.9 Å². The van der Waals surface area contributed by atoms with Crippen molar-refractivity contribution in [3.05, 3.63) is 23.0 Å². The Morgan fingerprint density at radius 3 is 2.62 bits per heavy atom. The summed E-state index contributed by atoms with van der Waals surface area (Å²) in [5.41, 5.74) is 2.86. The molecule has 3 nitrogen and oxygen atoms in total. The second-order valence-corrected chi connectivity index (χ2v) is 6.66. The number of allylic oxidation sites excluding steroid dienone is 1. The second-order valence-electron chi connectivity index (χ2n) is 6.66. The van der Waals surface area contributed by atoms with Crippen molar-refractivity contribution < 1.29 is 9.47 Å². The van der Waals surface area contributed by atoms with Crippen molar-refractivity contribution in [3.8, 4) is 0 Å². The first kappa shape index (κ1) is 16.6. The van der Waals surface area contributed by atoms with Gasteiger partial charge in [-0.1, -0.05) is 18.9 Å². The van der Waals surface area contributed by atoms with Gasteiger partial charge in [0, 0.05) is 26.6 Å². The fourth-order valence-corrected chi connectivity index (χ4v) is 3.41. The number of nitrogens with zero attached hydrogens (tertiary/aromatic N) is 1. The molecule has 0 saturated heterocycles. The molecule has 1 saturated carbocycles. The fourth-order valence-electron chi connectivity index (χ4n) is 3.41. The molecule has 0 aromatic carbocycles. The van der Waals surface area contributed by atoms with Crippen molar-refractivity contribution in [3.63, 3.8) is 0 Å². The van der Waals surface area contributed by atoms with Gasteiger partial charge in [-0.05, 0) is 50.3 Å². The van der Waals surface area contributed by atoms with Crippen LogP contribution in [0.15, 0.2) is 23.0 Å². The summed E-state index contributed by atoms with van der Waals surface area (Å²) in [6, 6.07) is 0. The Kier molecular flexibility index (Phi) is 5.88. The van der Waals surface area contributed by atoms with Gasteiger partial charge in [-0.25, -0.2) is 0 Å². The van der Waals surface area contributed by atoms with E-state index in [1.54, 1.807) is 14.2 Å². The summed E-state index contributed by atoms with van der Waals surface area (Å²) in [5, 5.41) is 0. The molecule has 21 heavy (non-hydrogen) atoms. The highest BCUT2D eigenvalue weighted by Crippen LogP contribution is 2.41. The van der Waals surface area contributed by atoms with Crippen LogP contribution < -0.4 is 0 Å². The van der Waals surface area contributed by atoms with Gasteiger partial charge in [0.05, 0.1) is 7.11 Å². The Morgan fingerprint density at radius 2 is 2.05 bits per heavy atom. The monoisotopic (exact) mass is 293 g/mol. The maximum absolute atomic E-state index is 5.49. The quantitative estimate of drug-likeness (QED) is 0.682. The van der Waals surface area contributed by atoms with Crippen molar-refractivity contribution in [2.24, 2.45) is 11.8 Å². The largest absolute Gasteiger partial charge is 0.498 e. The summed E-state index contributed by atoms with van der Waals surface area (Å²) in [6.45, 7) is 6.92. The number of rotatable bonds is 8. The number of methoxy groups -OCH3 is 2. The van der Waals surface area contributed by atoms with Crippen LogP contribution in [0.25, 0.3) is 0 Å². The molecule has 0 heterocycles. The molecule has 2 aliphatic carbocycles. The fraction of sp³-hybridized carbons (Fsp3) is 0.778. The molecule has 2 aliphatic rings. The molecule has 0 aromatic heterocycles. The molecule has 0 aromatic rings. The van der Waals surface area contributed by atoms with Crippen LogP contribution in [0.2, 0.25) is 0 Å². The van der Waals surface area contributed by atoms with Crippen molar-refractivity contribution in [1.29, 1.82) is 0 Å². The summed E-state index contributed by atoms with van der Waals surface area (Å²) in [5.74, 6) is 2.91. The normalized spacial score (nSPS) is 28.9. The molecule has 0 aliphatic heterocycles. The maximum atomic E-state index is 5.49. The van der Waals surface area contributed by atoms with Crippen LogP contribution in [0.3, 0.4) is 0 Å². The molecule has 3 unspecified atom stereocenters. The number of hydrogen-bond acceptors (Lipinski definition) is 3. The van der Waals surface area contributed by atoms with Crippen LogP contribution in [-0.2, 0) is 9.47 Å². The van der Waals surface area contributed by atoms with Gasteiger partial charge in [0.1, 0.15) is 11.9 Å². The molecule has 0 bridgehead atoms. The van der Waals surface area contributed by atoms with Gasteiger partial charge in [0.2, 0.25) is 0 Å². The topological polar surface area (TPSA) is 21.7 Å². The van der Waals surface area contributed by atoms with Gasteiger partial charge in [-0.15, -0.1) is 0 Å². The lowest BCUT2D eigenvalue weighted by Gasteiger charge is -2.26. The second kappa shape index (κ2) is 7.46. The molecule has 0 radical (unpaired) electrons. The third-order valence-corrected chi connectivity index (χ3v) is 5.10. The zero-order valence-electron chi connectivity index (χ0n) is 14.3. The Bertz CT molecular complexity index is 413. The zero-order chi connectivity index (χ0) is 15.4. The van der Waals surface area contributed by atoms with E-state index in [4.69, 9.17) is 9.47 Å². The van der Waals surface area contributed by atoms with Gasteiger partial charge in [-0.2, -0.15) is 0 Å². The smallest absolute Gasteiger partial charge is 0.125 e. The minimum Gasteiger partial charge on any atom is -0.498 e. The zero-order valence-corrected chi connectivity index (χ0v) is 14.3. The van der Waals surface area contributed by atoms with Crippen LogP contribution in [0.1, 0.15) is 39.5 Å². The highest BCUT2D eigenvalue weighted by Gasteiger charge is 2.35. The highest BCUT2D eigenvalue weighted by atomic mass is 16.5. The third-order valence-electron chi connectivity index (χ3n) is 5.10. The van der Waals surface area contributed by atoms with Crippen LogP contribution >= 0.6 is 0 Å². The first-order valence-electron chi connectivity index (χ1n) is 8.24. The summed E-state index contributed by atoms with van der Waals surface area (Å²) in [4.78, 5) is 2.49. The minimum absolute atomic E-state index is 0.0910. The molecule has 3 atom stereocenters. The van der Waals surface area contributed by atoms with E-state index in [1.807, 2.05) is 0 Å². The van der Waals surface area contributed by atoms with E-state index in [9.17, 15) is 0 Å². The Balaban J connectivity index is 1.83. The van der Waals surface area contributed by atoms with E-state index < -0.39 is 0 Å². The van der Waals surface area contributed by atoms with Crippen molar-refractivity contribution >= 4 is 0 Å². The van der Waals surface area contributed by atoms with E-state index in [0.29, 0.717) is 0 Å². The van der Waals surface area contributed by atoms with Gasteiger partial charge in [0.15, 0.2) is 0 Å². The van der Waals surface area contributed by atoms with Crippen molar-refractivity contribution in [2.75, 3.05) is 34.4 Å². The van der Waals surface area contributed by atoms with Crippen molar-refractivity contribution in [1.82, 2.24) is 4.90 Å². The van der Waals surface area contributed by atoms with E-state index in [-0.39, 0.29) is 6.10 Å². The minimum atomic E-state index is 0.0910. The van der Waals surface area contributed by atoms with Gasteiger partial charge in [-0.3, -0.25) is 0 Å². The molecule has 0 amide bonds.